The molecule has 5 atom stereocenters. The van der Waals surface area contributed by atoms with Crippen molar-refractivity contribution in [3.8, 4) is 0 Å². The molecule has 1 fully saturated rings. The number of aliphatic hydroxyl groups is 3. The molecule has 2 aliphatic heterocycles. The van der Waals surface area contributed by atoms with Gasteiger partial charge in [-0.2, -0.15) is 0 Å². The molecule has 132 valence electrons. The molecule has 0 aromatic carbocycles. The molecule has 0 aromatic rings. The molecular formula is C14H24N2O6S. The number of hydrogen-bond donors (Lipinski definition) is 4. The van der Waals surface area contributed by atoms with Gasteiger partial charge in [-0.3, -0.25) is 4.99 Å². The lowest BCUT2D eigenvalue weighted by atomic mass is 9.99. The van der Waals surface area contributed by atoms with Crippen molar-refractivity contribution in [2.45, 2.75) is 62.5 Å². The van der Waals surface area contributed by atoms with Crippen LogP contribution < -0.4 is 0 Å². The molecule has 0 spiro atoms. The zero-order valence-electron chi connectivity index (χ0n) is 13.4. The highest BCUT2D eigenvalue weighted by atomic mass is 32.2. The Morgan fingerprint density at radius 1 is 1.35 bits per heavy atom. The first-order valence-electron chi connectivity index (χ1n) is 7.51. The van der Waals surface area contributed by atoms with Crippen LogP contribution in [0.5, 0.6) is 0 Å². The molecule has 0 aliphatic carbocycles. The monoisotopic (exact) mass is 348 g/mol. The fourth-order valence-electron chi connectivity index (χ4n) is 2.68. The number of thioether (sulfide) groups is 1. The molecule has 0 saturated carbocycles. The van der Waals surface area contributed by atoms with Gasteiger partial charge < -0.3 is 30.1 Å². The zero-order chi connectivity index (χ0) is 17.4. The number of carbonyl (C=O) groups is 1. The van der Waals surface area contributed by atoms with Crippen LogP contribution in [0.2, 0.25) is 0 Å². The van der Waals surface area contributed by atoms with Crippen molar-refractivity contribution in [2.75, 3.05) is 13.2 Å². The maximum Gasteiger partial charge on any atom is 0.407 e. The van der Waals surface area contributed by atoms with Crippen LogP contribution in [0, 0.1) is 0 Å². The van der Waals surface area contributed by atoms with Crippen molar-refractivity contribution >= 4 is 22.9 Å². The molecule has 2 rings (SSSR count). The molecule has 8 nitrogen and oxygen atoms in total. The number of carboxylic acid groups (broad SMARTS) is 1. The maximum absolute atomic E-state index is 11.3. The van der Waals surface area contributed by atoms with E-state index in [0.717, 1.165) is 0 Å². The minimum atomic E-state index is -1.19. The molecule has 1 amide bonds. The van der Waals surface area contributed by atoms with Crippen LogP contribution in [0.25, 0.3) is 0 Å². The van der Waals surface area contributed by atoms with Gasteiger partial charge >= 0.3 is 6.09 Å². The highest BCUT2D eigenvalue weighted by Crippen LogP contribution is 2.37. The highest BCUT2D eigenvalue weighted by Gasteiger charge is 2.47. The first kappa shape index (κ1) is 18.5. The first-order valence-corrected chi connectivity index (χ1v) is 8.39. The number of fused-ring (bicyclic) bond motifs is 1. The standard InChI is InChI=1S/C14H24N2O6S/c1-14(2,3)16(13(20)21)5-4-8-15-9-11(19)10(18)7(6-17)22-12(9)23-8/h7,9-12,17-19H,4-6H2,1-3H3,(H,20,21)/t7-,9-,10-,11-,12-/m1/s1. The van der Waals surface area contributed by atoms with Crippen molar-refractivity contribution in [1.82, 2.24) is 4.90 Å². The molecule has 0 bridgehead atoms. The third-order valence-electron chi connectivity index (χ3n) is 3.98. The van der Waals surface area contributed by atoms with E-state index in [2.05, 4.69) is 4.99 Å². The Bertz CT molecular complexity index is 480. The third kappa shape index (κ3) is 3.97. The van der Waals surface area contributed by atoms with Crippen molar-refractivity contribution in [3.05, 3.63) is 0 Å². The van der Waals surface area contributed by atoms with Gasteiger partial charge in [-0.1, -0.05) is 11.8 Å². The van der Waals surface area contributed by atoms with E-state index >= 15 is 0 Å². The van der Waals surface area contributed by atoms with E-state index in [4.69, 9.17) is 4.74 Å². The Morgan fingerprint density at radius 3 is 2.52 bits per heavy atom. The summed E-state index contributed by atoms with van der Waals surface area (Å²) in [5.74, 6) is 0. The molecule has 0 radical (unpaired) electrons. The van der Waals surface area contributed by atoms with E-state index in [0.29, 0.717) is 11.5 Å². The number of ether oxygens (including phenoxy) is 1. The molecule has 23 heavy (non-hydrogen) atoms. The summed E-state index contributed by atoms with van der Waals surface area (Å²) in [6.45, 7) is 5.36. The molecule has 0 unspecified atom stereocenters. The van der Waals surface area contributed by atoms with E-state index in [1.165, 1.54) is 16.7 Å². The lowest BCUT2D eigenvalue weighted by Gasteiger charge is -2.37. The fourth-order valence-corrected chi connectivity index (χ4v) is 3.90. The van der Waals surface area contributed by atoms with Crippen molar-refractivity contribution in [2.24, 2.45) is 4.99 Å². The predicted molar refractivity (Wildman–Crippen MR) is 85.7 cm³/mol. The summed E-state index contributed by atoms with van der Waals surface area (Å²) in [6.07, 6.45) is -3.70. The van der Waals surface area contributed by atoms with Crippen LogP contribution in [-0.2, 0) is 4.74 Å². The van der Waals surface area contributed by atoms with E-state index in [1.807, 2.05) is 20.8 Å². The first-order chi connectivity index (χ1) is 10.6. The lowest BCUT2D eigenvalue weighted by molar-refractivity contribution is -0.164. The summed E-state index contributed by atoms with van der Waals surface area (Å²) in [4.78, 5) is 17.0. The summed E-state index contributed by atoms with van der Waals surface area (Å²) in [7, 11) is 0. The maximum atomic E-state index is 11.3. The number of rotatable bonds is 4. The van der Waals surface area contributed by atoms with Crippen LogP contribution in [-0.4, -0.2) is 84.9 Å². The Hall–Kier alpha value is -0.870. The second-order valence-corrected chi connectivity index (χ2v) is 7.86. The van der Waals surface area contributed by atoms with Gasteiger partial charge in [-0.25, -0.2) is 4.79 Å². The van der Waals surface area contributed by atoms with Crippen molar-refractivity contribution in [1.29, 1.82) is 0 Å². The molecule has 2 aliphatic rings. The SMILES string of the molecule is CC(C)(C)N(CCC1=N[C@@H]2[C@@H](O)[C@H](O)[C@@H](CO)O[C@@H]2S1)C(=O)O. The van der Waals surface area contributed by atoms with Crippen LogP contribution in [0.3, 0.4) is 0 Å². The Kier molecular flexibility index (Phi) is 5.57. The van der Waals surface area contributed by atoms with Crippen LogP contribution in [0.4, 0.5) is 4.79 Å². The minimum absolute atomic E-state index is 0.284. The molecule has 9 heteroatoms. The van der Waals surface area contributed by atoms with Crippen LogP contribution in [0.15, 0.2) is 4.99 Å². The minimum Gasteiger partial charge on any atom is -0.465 e. The normalized spacial score (nSPS) is 34.0. The molecule has 4 N–H and O–H groups in total. The zero-order valence-corrected chi connectivity index (χ0v) is 14.2. The van der Waals surface area contributed by atoms with Crippen LogP contribution in [0.1, 0.15) is 27.2 Å². The van der Waals surface area contributed by atoms with Gasteiger partial charge in [-0.15, -0.1) is 0 Å². The predicted octanol–water partition coefficient (Wildman–Crippen LogP) is 0.108. The summed E-state index contributed by atoms with van der Waals surface area (Å²) < 4.78 is 5.55. The molecule has 1 saturated heterocycles. The number of hydrogen-bond acceptors (Lipinski definition) is 7. The summed E-state index contributed by atoms with van der Waals surface area (Å²) >= 11 is 1.31. The fraction of sp³-hybridized carbons (Fsp3) is 0.857. The third-order valence-corrected chi connectivity index (χ3v) is 5.19. The van der Waals surface area contributed by atoms with E-state index < -0.39 is 41.4 Å². The van der Waals surface area contributed by atoms with Gasteiger partial charge in [-0.05, 0) is 20.8 Å². The van der Waals surface area contributed by atoms with E-state index in [9.17, 15) is 25.2 Å². The van der Waals surface area contributed by atoms with Gasteiger partial charge in [0.05, 0.1) is 11.7 Å². The summed E-state index contributed by atoms with van der Waals surface area (Å²) in [6, 6.07) is -0.597. The number of aliphatic imine (C=N–C) groups is 1. The second-order valence-electron chi connectivity index (χ2n) is 6.69. The van der Waals surface area contributed by atoms with Gasteiger partial charge in [0.25, 0.3) is 0 Å². The van der Waals surface area contributed by atoms with E-state index in [-0.39, 0.29) is 13.2 Å². The smallest absolute Gasteiger partial charge is 0.407 e. The van der Waals surface area contributed by atoms with Gasteiger partial charge in [0.2, 0.25) is 0 Å². The van der Waals surface area contributed by atoms with Gasteiger partial charge in [0.1, 0.15) is 29.8 Å². The average molecular weight is 348 g/mol. The summed E-state index contributed by atoms with van der Waals surface area (Å²) in [5, 5.41) is 39.1. The Morgan fingerprint density at radius 2 is 2.00 bits per heavy atom. The average Bonchev–Trinajstić information content (AvgIpc) is 2.84. The number of amides is 1. The Balaban J connectivity index is 2.00. The van der Waals surface area contributed by atoms with Crippen molar-refractivity contribution in [3.63, 3.8) is 0 Å². The van der Waals surface area contributed by atoms with Crippen LogP contribution >= 0.6 is 11.8 Å². The lowest BCUT2D eigenvalue weighted by Crippen LogP contribution is -2.55. The van der Waals surface area contributed by atoms with Gasteiger partial charge in [0, 0.05) is 18.5 Å². The molecule has 0 aromatic heterocycles. The summed E-state index contributed by atoms with van der Waals surface area (Å²) in [5.41, 5.74) is -0.982. The largest absolute Gasteiger partial charge is 0.465 e. The number of aliphatic hydroxyl groups excluding tert-OH is 3. The molecular weight excluding hydrogens is 324 g/mol. The Labute approximate surface area is 139 Å². The van der Waals surface area contributed by atoms with E-state index in [1.54, 1.807) is 0 Å². The highest BCUT2D eigenvalue weighted by molar-refractivity contribution is 8.14. The molecule has 2 heterocycles. The number of nitrogens with zero attached hydrogens (tertiary/aromatic N) is 2. The topological polar surface area (TPSA) is 123 Å². The second kappa shape index (κ2) is 6.94. The van der Waals surface area contributed by atoms with Gasteiger partial charge in [0.15, 0.2) is 0 Å². The van der Waals surface area contributed by atoms with Crippen molar-refractivity contribution < 1.29 is 30.0 Å². The quantitative estimate of drug-likeness (QED) is 0.568.